The smallest absolute Gasteiger partial charge is 0.123 e. The van der Waals surface area contributed by atoms with Gasteiger partial charge in [0.15, 0.2) is 0 Å². The Bertz CT molecular complexity index is 281. The van der Waals surface area contributed by atoms with Gasteiger partial charge in [0.1, 0.15) is 5.75 Å². The third-order valence-corrected chi connectivity index (χ3v) is 2.07. The van der Waals surface area contributed by atoms with E-state index in [9.17, 15) is 0 Å². The summed E-state index contributed by atoms with van der Waals surface area (Å²) in [4.78, 5) is 0. The largest absolute Gasteiger partial charge is 0.494 e. The van der Waals surface area contributed by atoms with E-state index < -0.39 is 0 Å². The lowest BCUT2D eigenvalue weighted by Gasteiger charge is -2.10. The maximum atomic E-state index is 5.52. The molecule has 0 aliphatic rings. The van der Waals surface area contributed by atoms with E-state index in [-0.39, 0.29) is 12.4 Å². The topological polar surface area (TPSA) is 30.5 Å². The summed E-state index contributed by atoms with van der Waals surface area (Å²) < 4.78 is 10.5. The average molecular weight is 246 g/mol. The molecule has 3 nitrogen and oxygen atoms in total. The van der Waals surface area contributed by atoms with E-state index in [2.05, 4.69) is 11.4 Å². The van der Waals surface area contributed by atoms with Gasteiger partial charge in [-0.1, -0.05) is 18.2 Å². The van der Waals surface area contributed by atoms with Crippen molar-refractivity contribution in [3.05, 3.63) is 29.8 Å². The fourth-order valence-corrected chi connectivity index (χ4v) is 1.34. The van der Waals surface area contributed by atoms with E-state index in [4.69, 9.17) is 9.47 Å². The Morgan fingerprint density at radius 1 is 1.25 bits per heavy atom. The summed E-state index contributed by atoms with van der Waals surface area (Å²) in [5.74, 6) is 0.963. The van der Waals surface area contributed by atoms with E-state index in [0.717, 1.165) is 25.4 Å². The monoisotopic (exact) mass is 245 g/mol. The molecule has 0 spiro atoms. The molecule has 0 aliphatic carbocycles. The Balaban J connectivity index is 0.00000225. The summed E-state index contributed by atoms with van der Waals surface area (Å²) in [6.07, 6.45) is 0. The first-order valence-corrected chi connectivity index (χ1v) is 5.28. The van der Waals surface area contributed by atoms with Crippen LogP contribution in [-0.2, 0) is 11.3 Å². The molecule has 92 valence electrons. The van der Waals surface area contributed by atoms with Crippen molar-refractivity contribution in [2.45, 2.75) is 13.5 Å². The second-order valence-corrected chi connectivity index (χ2v) is 3.21. The molecule has 0 unspecified atom stereocenters. The van der Waals surface area contributed by atoms with Crippen molar-refractivity contribution in [2.24, 2.45) is 0 Å². The first-order chi connectivity index (χ1) is 7.38. The van der Waals surface area contributed by atoms with Crippen LogP contribution in [0.15, 0.2) is 24.3 Å². The van der Waals surface area contributed by atoms with Crippen LogP contribution in [0.4, 0.5) is 0 Å². The molecule has 1 rings (SSSR count). The Labute approximate surface area is 104 Å². The minimum absolute atomic E-state index is 0. The first-order valence-electron chi connectivity index (χ1n) is 5.28. The molecule has 1 aromatic carbocycles. The number of halogens is 1. The first kappa shape index (κ1) is 15.2. The highest BCUT2D eigenvalue weighted by Crippen LogP contribution is 2.17. The number of nitrogens with one attached hydrogen (secondary N) is 1. The second-order valence-electron chi connectivity index (χ2n) is 3.21. The van der Waals surface area contributed by atoms with E-state index in [1.807, 2.05) is 25.1 Å². The number of para-hydroxylation sites is 1. The highest BCUT2D eigenvalue weighted by molar-refractivity contribution is 5.85. The Hall–Kier alpha value is -0.770. The van der Waals surface area contributed by atoms with Crippen LogP contribution in [0.5, 0.6) is 5.75 Å². The fourth-order valence-electron chi connectivity index (χ4n) is 1.34. The Morgan fingerprint density at radius 3 is 2.69 bits per heavy atom. The van der Waals surface area contributed by atoms with Crippen LogP contribution in [0, 0.1) is 0 Å². The molecule has 4 heteroatoms. The van der Waals surface area contributed by atoms with Crippen molar-refractivity contribution in [1.29, 1.82) is 0 Å². The molecule has 0 saturated carbocycles. The standard InChI is InChI=1S/C12H19NO2.ClH/c1-3-15-12-7-5-4-6-11(12)10-13-8-9-14-2;/h4-7,13H,3,8-10H2,1-2H3;1H. The van der Waals surface area contributed by atoms with Gasteiger partial charge in [-0.15, -0.1) is 12.4 Å². The van der Waals surface area contributed by atoms with Gasteiger partial charge in [-0.2, -0.15) is 0 Å². The molecule has 1 aromatic rings. The summed E-state index contributed by atoms with van der Waals surface area (Å²) in [6.45, 7) is 5.11. The van der Waals surface area contributed by atoms with Gasteiger partial charge >= 0.3 is 0 Å². The van der Waals surface area contributed by atoms with Crippen LogP contribution in [0.25, 0.3) is 0 Å². The van der Waals surface area contributed by atoms with Crippen LogP contribution >= 0.6 is 12.4 Å². The van der Waals surface area contributed by atoms with Crippen molar-refractivity contribution in [2.75, 3.05) is 26.9 Å². The summed E-state index contributed by atoms with van der Waals surface area (Å²) >= 11 is 0. The molecule has 0 heterocycles. The Morgan fingerprint density at radius 2 is 2.00 bits per heavy atom. The van der Waals surface area contributed by atoms with Gasteiger partial charge in [-0.05, 0) is 13.0 Å². The molecule has 0 atom stereocenters. The molecule has 1 N–H and O–H groups in total. The summed E-state index contributed by atoms with van der Waals surface area (Å²) in [5, 5.41) is 3.30. The van der Waals surface area contributed by atoms with Crippen LogP contribution < -0.4 is 10.1 Å². The highest BCUT2D eigenvalue weighted by Gasteiger charge is 2.00. The third kappa shape index (κ3) is 5.35. The SMILES string of the molecule is CCOc1ccccc1CNCCOC.Cl. The quantitative estimate of drug-likeness (QED) is 0.748. The van der Waals surface area contributed by atoms with Crippen LogP contribution in [-0.4, -0.2) is 26.9 Å². The fraction of sp³-hybridized carbons (Fsp3) is 0.500. The molecular formula is C12H20ClNO2. The molecule has 0 saturated heterocycles. The predicted octanol–water partition coefficient (Wildman–Crippen LogP) is 2.24. The zero-order chi connectivity index (χ0) is 10.9. The van der Waals surface area contributed by atoms with Crippen molar-refractivity contribution in [3.63, 3.8) is 0 Å². The predicted molar refractivity (Wildman–Crippen MR) is 68.4 cm³/mol. The van der Waals surface area contributed by atoms with Gasteiger partial charge in [-0.3, -0.25) is 0 Å². The van der Waals surface area contributed by atoms with Crippen molar-refractivity contribution in [3.8, 4) is 5.75 Å². The zero-order valence-corrected chi connectivity index (χ0v) is 10.7. The third-order valence-electron chi connectivity index (χ3n) is 2.07. The summed E-state index contributed by atoms with van der Waals surface area (Å²) in [5.41, 5.74) is 1.19. The minimum atomic E-state index is 0. The number of rotatable bonds is 7. The van der Waals surface area contributed by atoms with E-state index in [1.165, 1.54) is 5.56 Å². The maximum absolute atomic E-state index is 5.52. The van der Waals surface area contributed by atoms with Crippen LogP contribution in [0.3, 0.4) is 0 Å². The maximum Gasteiger partial charge on any atom is 0.123 e. The highest BCUT2D eigenvalue weighted by atomic mass is 35.5. The van der Waals surface area contributed by atoms with Gasteiger partial charge in [0.25, 0.3) is 0 Å². The number of benzene rings is 1. The molecule has 0 aromatic heterocycles. The summed E-state index contributed by atoms with van der Waals surface area (Å²) in [7, 11) is 1.70. The lowest BCUT2D eigenvalue weighted by atomic mass is 10.2. The molecule has 0 amide bonds. The minimum Gasteiger partial charge on any atom is -0.494 e. The molecule has 0 fully saturated rings. The van der Waals surface area contributed by atoms with Gasteiger partial charge in [-0.25, -0.2) is 0 Å². The van der Waals surface area contributed by atoms with E-state index in [1.54, 1.807) is 7.11 Å². The zero-order valence-electron chi connectivity index (χ0n) is 9.86. The molecule has 16 heavy (non-hydrogen) atoms. The van der Waals surface area contributed by atoms with Crippen molar-refractivity contribution < 1.29 is 9.47 Å². The summed E-state index contributed by atoms with van der Waals surface area (Å²) in [6, 6.07) is 8.08. The lowest BCUT2D eigenvalue weighted by Crippen LogP contribution is -2.19. The van der Waals surface area contributed by atoms with Gasteiger partial charge in [0.2, 0.25) is 0 Å². The molecule has 0 aliphatic heterocycles. The van der Waals surface area contributed by atoms with Gasteiger partial charge < -0.3 is 14.8 Å². The molecular weight excluding hydrogens is 226 g/mol. The van der Waals surface area contributed by atoms with Gasteiger partial charge in [0, 0.05) is 25.8 Å². The number of hydrogen-bond acceptors (Lipinski definition) is 3. The Kier molecular flexibility index (Phi) is 9.00. The van der Waals surface area contributed by atoms with E-state index >= 15 is 0 Å². The normalized spacial score (nSPS) is 9.62. The second kappa shape index (κ2) is 9.46. The number of ether oxygens (including phenoxy) is 2. The van der Waals surface area contributed by atoms with Crippen LogP contribution in [0.1, 0.15) is 12.5 Å². The number of methoxy groups -OCH3 is 1. The average Bonchev–Trinajstić information content (AvgIpc) is 2.27. The van der Waals surface area contributed by atoms with Crippen molar-refractivity contribution in [1.82, 2.24) is 5.32 Å². The van der Waals surface area contributed by atoms with Crippen molar-refractivity contribution >= 4 is 12.4 Å². The van der Waals surface area contributed by atoms with Crippen LogP contribution in [0.2, 0.25) is 0 Å². The lowest BCUT2D eigenvalue weighted by molar-refractivity contribution is 0.199. The van der Waals surface area contributed by atoms with Gasteiger partial charge in [0.05, 0.1) is 13.2 Å². The molecule has 0 radical (unpaired) electrons. The van der Waals surface area contributed by atoms with E-state index in [0.29, 0.717) is 6.61 Å². The molecule has 0 bridgehead atoms. The number of hydrogen-bond donors (Lipinski definition) is 1.